The molecule has 0 atom stereocenters. The van der Waals surface area contributed by atoms with Crippen LogP contribution in [-0.4, -0.2) is 19.1 Å². The molecular weight excluding hydrogens is 801 g/mol. The highest BCUT2D eigenvalue weighted by Crippen LogP contribution is 2.39. The van der Waals surface area contributed by atoms with E-state index in [9.17, 15) is 0 Å². The number of benzene rings is 10. The van der Waals surface area contributed by atoms with Crippen molar-refractivity contribution in [2.45, 2.75) is 0 Å². The quantitative estimate of drug-likeness (QED) is 0.160. The standard InChI is InChI=1S/C62H40N4/c1-3-15-43(16-4-1)56-40-57(64-62(63-56)45-17-5-2-6-18-45)44-28-34-49(35-29-44)66-59-25-12-10-22-53(59)55-39-47(31-37-61(55)66)46-30-36-60-54(38-46)52-21-9-11-24-58(52)65(60)48-32-26-42(27-33-48)51-23-13-19-41-14-7-8-20-50(41)51/h1-40H. The van der Waals surface area contributed by atoms with E-state index < -0.39 is 0 Å². The summed E-state index contributed by atoms with van der Waals surface area (Å²) in [6.45, 7) is 0. The Labute approximate surface area is 382 Å². The molecule has 4 heteroatoms. The third kappa shape index (κ3) is 6.30. The number of hydrogen-bond acceptors (Lipinski definition) is 2. The van der Waals surface area contributed by atoms with Gasteiger partial charge in [-0.3, -0.25) is 0 Å². The highest BCUT2D eigenvalue weighted by atomic mass is 15.0. The second-order valence-electron chi connectivity index (χ2n) is 17.0. The molecule has 4 nitrogen and oxygen atoms in total. The molecule has 0 spiro atoms. The van der Waals surface area contributed by atoms with Crippen LogP contribution in [0.4, 0.5) is 0 Å². The second kappa shape index (κ2) is 15.4. The van der Waals surface area contributed by atoms with E-state index in [0.717, 1.165) is 45.0 Å². The van der Waals surface area contributed by atoms with Crippen molar-refractivity contribution in [3.63, 3.8) is 0 Å². The minimum atomic E-state index is 0.710. The van der Waals surface area contributed by atoms with E-state index in [1.54, 1.807) is 0 Å². The molecule has 0 aliphatic heterocycles. The number of rotatable bonds is 7. The van der Waals surface area contributed by atoms with E-state index in [4.69, 9.17) is 9.97 Å². The summed E-state index contributed by atoms with van der Waals surface area (Å²) >= 11 is 0. The van der Waals surface area contributed by atoms with Gasteiger partial charge < -0.3 is 9.13 Å². The number of nitrogens with zero attached hydrogens (tertiary/aromatic N) is 4. The lowest BCUT2D eigenvalue weighted by molar-refractivity contribution is 1.17. The van der Waals surface area contributed by atoms with Gasteiger partial charge in [-0.2, -0.15) is 0 Å². The van der Waals surface area contributed by atoms with Gasteiger partial charge >= 0.3 is 0 Å². The molecule has 0 N–H and O–H groups in total. The fourth-order valence-corrected chi connectivity index (χ4v) is 9.98. The van der Waals surface area contributed by atoms with E-state index in [-0.39, 0.29) is 0 Å². The summed E-state index contributed by atoms with van der Waals surface area (Å²) in [4.78, 5) is 10.1. The van der Waals surface area contributed by atoms with Crippen molar-refractivity contribution < 1.29 is 0 Å². The zero-order valence-electron chi connectivity index (χ0n) is 35.9. The summed E-state index contributed by atoms with van der Waals surface area (Å²) in [7, 11) is 0. The summed E-state index contributed by atoms with van der Waals surface area (Å²) in [6, 6.07) is 87.0. The fraction of sp³-hybridized carbons (Fsp3) is 0. The predicted octanol–water partition coefficient (Wildman–Crippen LogP) is 16.2. The molecule has 3 heterocycles. The minimum Gasteiger partial charge on any atom is -0.309 e. The van der Waals surface area contributed by atoms with Crippen LogP contribution in [0, 0.1) is 0 Å². The lowest BCUT2D eigenvalue weighted by Crippen LogP contribution is -1.97. The van der Waals surface area contributed by atoms with E-state index in [0.29, 0.717) is 5.82 Å². The summed E-state index contributed by atoms with van der Waals surface area (Å²) in [5.74, 6) is 0.710. The number of aromatic nitrogens is 4. The van der Waals surface area contributed by atoms with Crippen molar-refractivity contribution in [3.8, 4) is 67.5 Å². The molecule has 66 heavy (non-hydrogen) atoms. The SMILES string of the molecule is c1ccc(-c2cc(-c3ccc(-n4c5ccccc5c5cc(-c6ccc7c(c6)c6ccccc6n7-c6ccc(-c7cccc8ccccc78)cc6)ccc54)cc3)nc(-c3ccccc3)n2)cc1. The normalized spacial score (nSPS) is 11.6. The largest absolute Gasteiger partial charge is 0.309 e. The number of hydrogen-bond donors (Lipinski definition) is 0. The highest BCUT2D eigenvalue weighted by molar-refractivity contribution is 6.13. The minimum absolute atomic E-state index is 0.710. The monoisotopic (exact) mass is 840 g/mol. The maximum Gasteiger partial charge on any atom is 0.160 e. The average molecular weight is 841 g/mol. The first-order chi connectivity index (χ1) is 32.7. The number of fused-ring (bicyclic) bond motifs is 7. The van der Waals surface area contributed by atoms with Crippen molar-refractivity contribution >= 4 is 54.4 Å². The van der Waals surface area contributed by atoms with Crippen LogP contribution in [0.1, 0.15) is 0 Å². The smallest absolute Gasteiger partial charge is 0.160 e. The molecular formula is C62H40N4. The molecule has 308 valence electrons. The molecule has 0 saturated heterocycles. The predicted molar refractivity (Wildman–Crippen MR) is 275 cm³/mol. The zero-order valence-corrected chi connectivity index (χ0v) is 35.9. The van der Waals surface area contributed by atoms with E-state index >= 15 is 0 Å². The van der Waals surface area contributed by atoms with Crippen LogP contribution in [0.25, 0.3) is 122 Å². The third-order valence-electron chi connectivity index (χ3n) is 13.2. The van der Waals surface area contributed by atoms with Crippen LogP contribution in [0.3, 0.4) is 0 Å². The van der Waals surface area contributed by atoms with Crippen LogP contribution in [0.5, 0.6) is 0 Å². The Morgan fingerprint density at radius 2 is 0.682 bits per heavy atom. The molecule has 0 bridgehead atoms. The molecule has 0 fully saturated rings. The zero-order chi connectivity index (χ0) is 43.6. The third-order valence-corrected chi connectivity index (χ3v) is 13.2. The molecule has 0 saturated carbocycles. The van der Waals surface area contributed by atoms with Crippen molar-refractivity contribution in [2.24, 2.45) is 0 Å². The molecule has 13 rings (SSSR count). The van der Waals surface area contributed by atoms with Gasteiger partial charge in [-0.1, -0.05) is 176 Å². The van der Waals surface area contributed by atoms with Gasteiger partial charge in [0.1, 0.15) is 0 Å². The molecule has 0 radical (unpaired) electrons. The van der Waals surface area contributed by atoms with Gasteiger partial charge in [0.15, 0.2) is 5.82 Å². The van der Waals surface area contributed by atoms with Gasteiger partial charge in [0, 0.05) is 49.6 Å². The van der Waals surface area contributed by atoms with Crippen LogP contribution in [0.15, 0.2) is 243 Å². The van der Waals surface area contributed by atoms with Crippen LogP contribution < -0.4 is 0 Å². The van der Waals surface area contributed by atoms with Crippen LogP contribution >= 0.6 is 0 Å². The molecule has 13 aromatic rings. The second-order valence-corrected chi connectivity index (χ2v) is 17.0. The van der Waals surface area contributed by atoms with Gasteiger partial charge in [-0.05, 0) is 99.8 Å². The Bertz CT molecular complexity index is 3890. The van der Waals surface area contributed by atoms with E-state index in [1.807, 2.05) is 24.3 Å². The van der Waals surface area contributed by atoms with Crippen molar-refractivity contribution in [1.29, 1.82) is 0 Å². The number of para-hydroxylation sites is 2. The average Bonchev–Trinajstić information content (AvgIpc) is 3.91. The van der Waals surface area contributed by atoms with Crippen LogP contribution in [-0.2, 0) is 0 Å². The van der Waals surface area contributed by atoms with Gasteiger partial charge in [0.25, 0.3) is 0 Å². The van der Waals surface area contributed by atoms with Gasteiger partial charge in [0.05, 0.1) is 33.5 Å². The Hall–Kier alpha value is -8.86. The first kappa shape index (κ1) is 37.7. The van der Waals surface area contributed by atoms with Crippen molar-refractivity contribution in [1.82, 2.24) is 19.1 Å². The Morgan fingerprint density at radius 3 is 1.26 bits per heavy atom. The van der Waals surface area contributed by atoms with Crippen molar-refractivity contribution in [3.05, 3.63) is 243 Å². The first-order valence-corrected chi connectivity index (χ1v) is 22.5. The lowest BCUT2D eigenvalue weighted by Gasteiger charge is -2.12. The van der Waals surface area contributed by atoms with E-state index in [2.05, 4.69) is 228 Å². The van der Waals surface area contributed by atoms with Crippen LogP contribution in [0.2, 0.25) is 0 Å². The topological polar surface area (TPSA) is 35.6 Å². The fourth-order valence-electron chi connectivity index (χ4n) is 9.98. The summed E-state index contributed by atoms with van der Waals surface area (Å²) in [5, 5.41) is 7.44. The Kier molecular flexibility index (Phi) is 8.81. The van der Waals surface area contributed by atoms with E-state index in [1.165, 1.54) is 71.1 Å². The maximum absolute atomic E-state index is 5.09. The molecule has 10 aromatic carbocycles. The molecule has 3 aromatic heterocycles. The van der Waals surface area contributed by atoms with Gasteiger partial charge in [0.2, 0.25) is 0 Å². The lowest BCUT2D eigenvalue weighted by atomic mass is 9.98. The molecule has 0 amide bonds. The summed E-state index contributed by atoms with van der Waals surface area (Å²) < 4.78 is 4.78. The summed E-state index contributed by atoms with van der Waals surface area (Å²) in [5.41, 5.74) is 16.7. The van der Waals surface area contributed by atoms with Crippen molar-refractivity contribution in [2.75, 3.05) is 0 Å². The van der Waals surface area contributed by atoms with Gasteiger partial charge in [-0.15, -0.1) is 0 Å². The highest BCUT2D eigenvalue weighted by Gasteiger charge is 2.17. The van der Waals surface area contributed by atoms with Gasteiger partial charge in [-0.25, -0.2) is 9.97 Å². The first-order valence-electron chi connectivity index (χ1n) is 22.5. The maximum atomic E-state index is 5.09. The molecule has 0 aliphatic rings. The molecule has 0 aliphatic carbocycles. The summed E-state index contributed by atoms with van der Waals surface area (Å²) in [6.07, 6.45) is 0. The Balaban J connectivity index is 0.873. The molecule has 0 unspecified atom stereocenters. The Morgan fingerprint density at radius 1 is 0.258 bits per heavy atom.